The highest BCUT2D eigenvalue weighted by molar-refractivity contribution is 5.79. The summed E-state index contributed by atoms with van der Waals surface area (Å²) in [5, 5.41) is 2.94. The van der Waals surface area contributed by atoms with Crippen LogP contribution in [0.15, 0.2) is 54.6 Å². The van der Waals surface area contributed by atoms with Crippen LogP contribution in [-0.2, 0) is 11.3 Å². The van der Waals surface area contributed by atoms with Crippen LogP contribution in [0.25, 0.3) is 0 Å². The van der Waals surface area contributed by atoms with Crippen molar-refractivity contribution in [2.75, 3.05) is 20.1 Å². The van der Waals surface area contributed by atoms with Gasteiger partial charge in [-0.15, -0.1) is 0 Å². The van der Waals surface area contributed by atoms with E-state index < -0.39 is 0 Å². The monoisotopic (exact) mass is 343 g/mol. The first-order valence-corrected chi connectivity index (χ1v) is 8.48. The molecule has 0 aromatic heterocycles. The lowest BCUT2D eigenvalue weighted by Crippen LogP contribution is -2.39. The third-order valence-corrected chi connectivity index (χ3v) is 4.30. The van der Waals surface area contributed by atoms with Crippen LogP contribution in [0.2, 0.25) is 0 Å². The number of halogens is 1. The van der Waals surface area contributed by atoms with Crippen LogP contribution in [-0.4, -0.2) is 30.9 Å². The molecule has 0 aliphatic rings. The van der Waals surface area contributed by atoms with Crippen molar-refractivity contribution in [1.29, 1.82) is 0 Å². The topological polar surface area (TPSA) is 58.4 Å². The number of rotatable bonds is 8. The molecule has 0 saturated carbocycles. The molecule has 0 radical (unpaired) electrons. The minimum atomic E-state index is -0.321. The maximum atomic E-state index is 12.9. The lowest BCUT2D eigenvalue weighted by atomic mass is 9.95. The van der Waals surface area contributed by atoms with Gasteiger partial charge in [-0.25, -0.2) is 4.39 Å². The quantitative estimate of drug-likeness (QED) is 0.775. The first-order valence-electron chi connectivity index (χ1n) is 8.48. The minimum absolute atomic E-state index is 0.0495. The fraction of sp³-hybridized carbons (Fsp3) is 0.350. The molecule has 0 aliphatic carbocycles. The van der Waals surface area contributed by atoms with Crippen molar-refractivity contribution < 1.29 is 9.18 Å². The van der Waals surface area contributed by atoms with Crippen LogP contribution < -0.4 is 11.1 Å². The van der Waals surface area contributed by atoms with Crippen molar-refractivity contribution in [2.45, 2.75) is 19.5 Å². The molecule has 1 amide bonds. The zero-order chi connectivity index (χ0) is 18.2. The Bertz CT molecular complexity index is 660. The van der Waals surface area contributed by atoms with E-state index in [0.717, 1.165) is 11.1 Å². The molecule has 0 heterocycles. The molecule has 0 aliphatic heterocycles. The number of nitrogens with two attached hydrogens (primary N) is 1. The lowest BCUT2D eigenvalue weighted by Gasteiger charge is -2.21. The van der Waals surface area contributed by atoms with Gasteiger partial charge in [-0.1, -0.05) is 49.4 Å². The van der Waals surface area contributed by atoms with Gasteiger partial charge in [0.2, 0.25) is 5.91 Å². The van der Waals surface area contributed by atoms with Crippen LogP contribution in [0.1, 0.15) is 24.1 Å². The highest BCUT2D eigenvalue weighted by Gasteiger charge is 2.21. The summed E-state index contributed by atoms with van der Waals surface area (Å²) in [7, 11) is 1.97. The summed E-state index contributed by atoms with van der Waals surface area (Å²) in [6, 6.07) is 15.8. The molecule has 2 unspecified atom stereocenters. The predicted octanol–water partition coefficient (Wildman–Crippen LogP) is 2.71. The zero-order valence-electron chi connectivity index (χ0n) is 14.8. The smallest absolute Gasteiger partial charge is 0.224 e. The number of amides is 1. The summed E-state index contributed by atoms with van der Waals surface area (Å²) in [5.74, 6) is -0.584. The van der Waals surface area contributed by atoms with E-state index in [9.17, 15) is 9.18 Å². The molecule has 0 spiro atoms. The molecule has 2 atom stereocenters. The third-order valence-electron chi connectivity index (χ3n) is 4.30. The van der Waals surface area contributed by atoms with E-state index in [2.05, 4.69) is 10.2 Å². The zero-order valence-corrected chi connectivity index (χ0v) is 14.8. The summed E-state index contributed by atoms with van der Waals surface area (Å²) in [4.78, 5) is 14.4. The number of carbonyl (C=O) groups is 1. The van der Waals surface area contributed by atoms with Crippen molar-refractivity contribution in [1.82, 2.24) is 10.2 Å². The third kappa shape index (κ3) is 5.96. The van der Waals surface area contributed by atoms with E-state index in [-0.39, 0.29) is 23.7 Å². The largest absolute Gasteiger partial charge is 0.355 e. The van der Waals surface area contributed by atoms with Gasteiger partial charge >= 0.3 is 0 Å². The average Bonchev–Trinajstić information content (AvgIpc) is 2.63. The summed E-state index contributed by atoms with van der Waals surface area (Å²) < 4.78 is 12.9. The minimum Gasteiger partial charge on any atom is -0.355 e. The summed E-state index contributed by atoms with van der Waals surface area (Å²) in [6.07, 6.45) is 0. The standard InChI is InChI=1S/C20H26FN3O/c1-15(19(22)17-6-4-3-5-7-17)20(25)23-12-13-24(2)14-16-8-10-18(21)11-9-16/h3-11,15,19H,12-14,22H2,1-2H3,(H,23,25). The SMILES string of the molecule is CC(C(=O)NCCN(C)Cc1ccc(F)cc1)C(N)c1ccccc1. The molecule has 2 aromatic carbocycles. The second-order valence-corrected chi connectivity index (χ2v) is 6.38. The van der Waals surface area contributed by atoms with E-state index in [4.69, 9.17) is 5.73 Å². The van der Waals surface area contributed by atoms with Gasteiger partial charge in [0.15, 0.2) is 0 Å². The van der Waals surface area contributed by atoms with Crippen LogP contribution in [0.3, 0.4) is 0 Å². The van der Waals surface area contributed by atoms with E-state index in [1.165, 1.54) is 12.1 Å². The van der Waals surface area contributed by atoms with E-state index >= 15 is 0 Å². The molecular formula is C20H26FN3O. The highest BCUT2D eigenvalue weighted by atomic mass is 19.1. The number of nitrogens with zero attached hydrogens (tertiary/aromatic N) is 1. The van der Waals surface area contributed by atoms with Gasteiger partial charge in [-0.05, 0) is 30.3 Å². The molecule has 134 valence electrons. The van der Waals surface area contributed by atoms with Crippen LogP contribution in [0, 0.1) is 11.7 Å². The maximum Gasteiger partial charge on any atom is 0.224 e. The molecule has 2 aromatic rings. The molecule has 4 nitrogen and oxygen atoms in total. The Morgan fingerprint density at radius 3 is 2.44 bits per heavy atom. The Balaban J connectivity index is 1.74. The number of hydrogen-bond acceptors (Lipinski definition) is 3. The Morgan fingerprint density at radius 2 is 1.80 bits per heavy atom. The first-order chi connectivity index (χ1) is 12.0. The summed E-state index contributed by atoms with van der Waals surface area (Å²) in [5.41, 5.74) is 8.18. The van der Waals surface area contributed by atoms with Crippen molar-refractivity contribution in [3.05, 3.63) is 71.5 Å². The van der Waals surface area contributed by atoms with Gasteiger partial charge in [0, 0.05) is 25.7 Å². The van der Waals surface area contributed by atoms with Gasteiger partial charge in [-0.2, -0.15) is 0 Å². The van der Waals surface area contributed by atoms with E-state index in [0.29, 0.717) is 19.6 Å². The number of benzene rings is 2. The molecule has 2 rings (SSSR count). The van der Waals surface area contributed by atoms with Crippen molar-refractivity contribution in [2.24, 2.45) is 11.7 Å². The normalized spacial score (nSPS) is 13.5. The Morgan fingerprint density at radius 1 is 1.16 bits per heavy atom. The molecule has 0 saturated heterocycles. The Kier molecular flexibility index (Phi) is 7.10. The van der Waals surface area contributed by atoms with Crippen LogP contribution >= 0.6 is 0 Å². The number of nitrogens with one attached hydrogen (secondary N) is 1. The van der Waals surface area contributed by atoms with Crippen molar-refractivity contribution in [3.8, 4) is 0 Å². The second kappa shape index (κ2) is 9.30. The first kappa shape index (κ1) is 19.1. The van der Waals surface area contributed by atoms with Gasteiger partial charge in [-0.3, -0.25) is 4.79 Å². The van der Waals surface area contributed by atoms with Crippen LogP contribution in [0.5, 0.6) is 0 Å². The van der Waals surface area contributed by atoms with Crippen molar-refractivity contribution >= 4 is 5.91 Å². The molecule has 25 heavy (non-hydrogen) atoms. The predicted molar refractivity (Wildman–Crippen MR) is 98.3 cm³/mol. The van der Waals surface area contributed by atoms with E-state index in [1.54, 1.807) is 12.1 Å². The fourth-order valence-corrected chi connectivity index (χ4v) is 2.64. The lowest BCUT2D eigenvalue weighted by molar-refractivity contribution is -0.125. The average molecular weight is 343 g/mol. The van der Waals surface area contributed by atoms with Crippen LogP contribution in [0.4, 0.5) is 4.39 Å². The molecule has 0 fully saturated rings. The summed E-state index contributed by atoms with van der Waals surface area (Å²) >= 11 is 0. The van der Waals surface area contributed by atoms with Crippen molar-refractivity contribution in [3.63, 3.8) is 0 Å². The van der Waals surface area contributed by atoms with Gasteiger partial charge < -0.3 is 16.0 Å². The summed E-state index contributed by atoms with van der Waals surface area (Å²) in [6.45, 7) is 3.79. The number of hydrogen-bond donors (Lipinski definition) is 2. The fourth-order valence-electron chi connectivity index (χ4n) is 2.64. The second-order valence-electron chi connectivity index (χ2n) is 6.38. The Hall–Kier alpha value is -2.24. The van der Waals surface area contributed by atoms with Gasteiger partial charge in [0.1, 0.15) is 5.82 Å². The highest BCUT2D eigenvalue weighted by Crippen LogP contribution is 2.18. The molecule has 0 bridgehead atoms. The molecular weight excluding hydrogens is 317 g/mol. The molecule has 3 N–H and O–H groups in total. The molecule has 5 heteroatoms. The Labute approximate surface area is 148 Å². The van der Waals surface area contributed by atoms with Gasteiger partial charge in [0.05, 0.1) is 5.92 Å². The number of carbonyl (C=O) groups excluding carboxylic acids is 1. The maximum absolute atomic E-state index is 12.9. The van der Waals surface area contributed by atoms with Gasteiger partial charge in [0.25, 0.3) is 0 Å². The van der Waals surface area contributed by atoms with E-state index in [1.807, 2.05) is 44.3 Å². The number of likely N-dealkylation sites (N-methyl/N-ethyl adjacent to an activating group) is 1.